The van der Waals surface area contributed by atoms with E-state index in [2.05, 4.69) is 34.9 Å². The maximum Gasteiger partial charge on any atom is 0.407 e. The Morgan fingerprint density at radius 2 is 1.59 bits per heavy atom. The summed E-state index contributed by atoms with van der Waals surface area (Å²) in [5.41, 5.74) is 5.06. The first kappa shape index (κ1) is 25.0. The van der Waals surface area contributed by atoms with Crippen LogP contribution in [0.15, 0.2) is 60.2 Å². The molecule has 1 aliphatic rings. The molecule has 0 saturated carbocycles. The quantitative estimate of drug-likeness (QED) is 0.454. The SMILES string of the molecule is C/C(=C\CNC(=O)OCC1c2ccccc2-c2ccccc21)C(=O)NCC(CC(=O)O)C(C)C. The normalized spacial score (nSPS) is 13.7. The number of ether oxygens (including phenoxy) is 1. The molecule has 2 aromatic carbocycles. The van der Waals surface area contributed by atoms with E-state index in [0.717, 1.165) is 11.1 Å². The number of fused-ring (bicyclic) bond motifs is 3. The smallest absolute Gasteiger partial charge is 0.407 e. The number of carboxylic acids is 1. The summed E-state index contributed by atoms with van der Waals surface area (Å²) in [6.45, 7) is 6.17. The predicted octanol–water partition coefficient (Wildman–Crippen LogP) is 4.33. The van der Waals surface area contributed by atoms with Crippen molar-refractivity contribution in [2.45, 2.75) is 33.1 Å². The Bertz CT molecular complexity index is 1030. The van der Waals surface area contributed by atoms with E-state index in [9.17, 15) is 14.4 Å². The average molecular weight is 465 g/mol. The van der Waals surface area contributed by atoms with E-state index in [-0.39, 0.29) is 49.8 Å². The maximum absolute atomic E-state index is 12.3. The lowest BCUT2D eigenvalue weighted by atomic mass is 9.92. The molecule has 0 bridgehead atoms. The van der Waals surface area contributed by atoms with Gasteiger partial charge in [-0.25, -0.2) is 4.79 Å². The zero-order chi connectivity index (χ0) is 24.7. The minimum atomic E-state index is -0.882. The number of carbonyl (C=O) groups excluding carboxylic acids is 2. The van der Waals surface area contributed by atoms with Crippen molar-refractivity contribution in [3.63, 3.8) is 0 Å². The van der Waals surface area contributed by atoms with Crippen LogP contribution in [0.4, 0.5) is 4.79 Å². The van der Waals surface area contributed by atoms with Crippen molar-refractivity contribution in [3.05, 3.63) is 71.3 Å². The summed E-state index contributed by atoms with van der Waals surface area (Å²) >= 11 is 0. The molecule has 0 radical (unpaired) electrons. The van der Waals surface area contributed by atoms with Crippen LogP contribution in [0.2, 0.25) is 0 Å². The minimum absolute atomic E-state index is 0.00402. The highest BCUT2D eigenvalue weighted by Gasteiger charge is 2.29. The Morgan fingerprint density at radius 1 is 1.00 bits per heavy atom. The van der Waals surface area contributed by atoms with Gasteiger partial charge in [-0.05, 0) is 41.0 Å². The van der Waals surface area contributed by atoms with E-state index in [0.29, 0.717) is 5.57 Å². The first-order valence-corrected chi connectivity index (χ1v) is 11.5. The average Bonchev–Trinajstić information content (AvgIpc) is 3.13. The number of carboxylic acid groups (broad SMARTS) is 1. The number of amides is 2. The Labute approximate surface area is 200 Å². The van der Waals surface area contributed by atoms with Crippen molar-refractivity contribution in [2.24, 2.45) is 11.8 Å². The molecule has 7 heteroatoms. The third-order valence-corrected chi connectivity index (χ3v) is 6.26. The fourth-order valence-corrected chi connectivity index (χ4v) is 4.16. The second-order valence-corrected chi connectivity index (χ2v) is 8.91. The van der Waals surface area contributed by atoms with E-state index in [4.69, 9.17) is 9.84 Å². The summed E-state index contributed by atoms with van der Waals surface area (Å²) in [6.07, 6.45) is 1.07. The Hall–Kier alpha value is -3.61. The van der Waals surface area contributed by atoms with Gasteiger partial charge in [0.25, 0.3) is 0 Å². The second-order valence-electron chi connectivity index (χ2n) is 8.91. The lowest BCUT2D eigenvalue weighted by Gasteiger charge is -2.19. The van der Waals surface area contributed by atoms with Crippen LogP contribution in [-0.2, 0) is 14.3 Å². The van der Waals surface area contributed by atoms with Gasteiger partial charge < -0.3 is 20.5 Å². The van der Waals surface area contributed by atoms with Gasteiger partial charge in [0.15, 0.2) is 0 Å². The molecule has 1 aliphatic carbocycles. The molecule has 0 spiro atoms. The number of aliphatic carboxylic acids is 1. The fourth-order valence-electron chi connectivity index (χ4n) is 4.16. The summed E-state index contributed by atoms with van der Waals surface area (Å²) in [5.74, 6) is -1.19. The summed E-state index contributed by atoms with van der Waals surface area (Å²) in [4.78, 5) is 35.5. The van der Waals surface area contributed by atoms with Gasteiger partial charge in [0, 0.05) is 24.6 Å². The summed E-state index contributed by atoms with van der Waals surface area (Å²) in [6, 6.07) is 16.3. The van der Waals surface area contributed by atoms with E-state index >= 15 is 0 Å². The number of hydrogen-bond acceptors (Lipinski definition) is 4. The molecule has 0 fully saturated rings. The van der Waals surface area contributed by atoms with Crippen molar-refractivity contribution >= 4 is 18.0 Å². The van der Waals surface area contributed by atoms with Crippen molar-refractivity contribution in [2.75, 3.05) is 19.7 Å². The molecule has 3 N–H and O–H groups in total. The third-order valence-electron chi connectivity index (χ3n) is 6.26. The highest BCUT2D eigenvalue weighted by molar-refractivity contribution is 5.92. The number of carbonyl (C=O) groups is 3. The molecule has 180 valence electrons. The van der Waals surface area contributed by atoms with Gasteiger partial charge in [0.2, 0.25) is 5.91 Å². The second kappa shape index (κ2) is 11.5. The number of alkyl carbamates (subject to hydrolysis) is 1. The van der Waals surface area contributed by atoms with Crippen molar-refractivity contribution < 1.29 is 24.2 Å². The summed E-state index contributed by atoms with van der Waals surface area (Å²) in [7, 11) is 0. The molecule has 1 atom stereocenters. The summed E-state index contributed by atoms with van der Waals surface area (Å²) in [5, 5.41) is 14.4. The first-order chi connectivity index (χ1) is 16.3. The van der Waals surface area contributed by atoms with E-state index in [1.165, 1.54) is 11.1 Å². The van der Waals surface area contributed by atoms with E-state index in [1.54, 1.807) is 13.0 Å². The van der Waals surface area contributed by atoms with Crippen LogP contribution in [0.3, 0.4) is 0 Å². The largest absolute Gasteiger partial charge is 0.481 e. The van der Waals surface area contributed by atoms with E-state index in [1.807, 2.05) is 38.1 Å². The molecular weight excluding hydrogens is 432 g/mol. The van der Waals surface area contributed by atoms with Gasteiger partial charge in [0.05, 0.1) is 6.42 Å². The molecule has 34 heavy (non-hydrogen) atoms. The Morgan fingerprint density at radius 3 is 2.15 bits per heavy atom. The van der Waals surface area contributed by atoms with Crippen LogP contribution in [0.25, 0.3) is 11.1 Å². The van der Waals surface area contributed by atoms with Gasteiger partial charge >= 0.3 is 12.1 Å². The molecule has 0 aromatic heterocycles. The predicted molar refractivity (Wildman–Crippen MR) is 130 cm³/mol. The van der Waals surface area contributed by atoms with Crippen LogP contribution >= 0.6 is 0 Å². The lowest BCUT2D eigenvalue weighted by Crippen LogP contribution is -2.33. The molecule has 0 heterocycles. The van der Waals surface area contributed by atoms with Gasteiger partial charge in [-0.15, -0.1) is 0 Å². The molecule has 0 saturated heterocycles. The van der Waals surface area contributed by atoms with Gasteiger partial charge in [-0.1, -0.05) is 68.5 Å². The van der Waals surface area contributed by atoms with Gasteiger partial charge in [0.1, 0.15) is 6.61 Å². The molecule has 7 nitrogen and oxygen atoms in total. The van der Waals surface area contributed by atoms with Crippen molar-refractivity contribution in [3.8, 4) is 11.1 Å². The van der Waals surface area contributed by atoms with Crippen LogP contribution in [0.1, 0.15) is 44.2 Å². The van der Waals surface area contributed by atoms with Crippen molar-refractivity contribution in [1.29, 1.82) is 0 Å². The molecule has 2 amide bonds. The lowest BCUT2D eigenvalue weighted by molar-refractivity contribution is -0.138. The molecular formula is C27H32N2O5. The number of hydrogen-bond donors (Lipinski definition) is 3. The Kier molecular flexibility index (Phi) is 8.46. The van der Waals surface area contributed by atoms with E-state index < -0.39 is 12.1 Å². The standard InChI is InChI=1S/C27H32N2O5/c1-17(2)19(14-25(30)31)15-29-26(32)18(3)12-13-28-27(33)34-16-24-22-10-6-4-8-20(22)21-9-5-7-11-23(21)24/h4-12,17,19,24H,13-16H2,1-3H3,(H,28,33)(H,29,32)(H,30,31)/b18-12+. The van der Waals surface area contributed by atoms with Crippen LogP contribution < -0.4 is 10.6 Å². The van der Waals surface area contributed by atoms with Gasteiger partial charge in [-0.2, -0.15) is 0 Å². The number of benzene rings is 2. The number of rotatable bonds is 10. The highest BCUT2D eigenvalue weighted by atomic mass is 16.5. The molecule has 0 aliphatic heterocycles. The molecule has 1 unspecified atom stereocenters. The van der Waals surface area contributed by atoms with Crippen LogP contribution in [-0.4, -0.2) is 42.8 Å². The first-order valence-electron chi connectivity index (χ1n) is 11.5. The topological polar surface area (TPSA) is 105 Å². The maximum atomic E-state index is 12.3. The minimum Gasteiger partial charge on any atom is -0.481 e. The third kappa shape index (κ3) is 6.25. The Balaban J connectivity index is 1.47. The fraction of sp³-hybridized carbons (Fsp3) is 0.370. The zero-order valence-corrected chi connectivity index (χ0v) is 19.8. The summed E-state index contributed by atoms with van der Waals surface area (Å²) < 4.78 is 5.49. The monoisotopic (exact) mass is 464 g/mol. The number of nitrogens with one attached hydrogen (secondary N) is 2. The van der Waals surface area contributed by atoms with Crippen molar-refractivity contribution in [1.82, 2.24) is 10.6 Å². The zero-order valence-electron chi connectivity index (χ0n) is 19.8. The molecule has 3 rings (SSSR count). The van der Waals surface area contributed by atoms with Crippen LogP contribution in [0.5, 0.6) is 0 Å². The molecule has 2 aromatic rings. The van der Waals surface area contributed by atoms with Gasteiger partial charge in [-0.3, -0.25) is 9.59 Å². The van der Waals surface area contributed by atoms with Crippen LogP contribution in [0, 0.1) is 11.8 Å². The highest BCUT2D eigenvalue weighted by Crippen LogP contribution is 2.44.